The lowest BCUT2D eigenvalue weighted by Crippen LogP contribution is -2.19. The average molecular weight is 272 g/mol. The number of phenols is 1. The van der Waals surface area contributed by atoms with Gasteiger partial charge in [0.2, 0.25) is 0 Å². The summed E-state index contributed by atoms with van der Waals surface area (Å²) >= 11 is 3.28. The number of ether oxygens (including phenoxy) is 1. The third-order valence-electron chi connectivity index (χ3n) is 3.10. The maximum absolute atomic E-state index is 9.73. The van der Waals surface area contributed by atoms with E-state index < -0.39 is 0 Å². The Morgan fingerprint density at radius 2 is 2.20 bits per heavy atom. The van der Waals surface area contributed by atoms with E-state index >= 15 is 0 Å². The molecule has 0 aliphatic heterocycles. The largest absolute Gasteiger partial charge is 0.507 e. The molecule has 1 aliphatic carbocycles. The summed E-state index contributed by atoms with van der Waals surface area (Å²) in [5.41, 5.74) is 6.89. The van der Waals surface area contributed by atoms with E-state index in [0.29, 0.717) is 16.8 Å². The first-order chi connectivity index (χ1) is 7.13. The Balaban J connectivity index is 2.46. The van der Waals surface area contributed by atoms with Gasteiger partial charge in [-0.1, -0.05) is 0 Å². The van der Waals surface area contributed by atoms with Gasteiger partial charge in [0, 0.05) is 12.0 Å². The molecule has 15 heavy (non-hydrogen) atoms. The van der Waals surface area contributed by atoms with Crippen LogP contribution >= 0.6 is 15.9 Å². The number of rotatable bonds is 3. The van der Waals surface area contributed by atoms with Crippen LogP contribution in [-0.2, 0) is 5.41 Å². The van der Waals surface area contributed by atoms with Gasteiger partial charge < -0.3 is 15.6 Å². The lowest BCUT2D eigenvalue weighted by molar-refractivity contribution is 0.401. The van der Waals surface area contributed by atoms with Crippen LogP contribution in [0.4, 0.5) is 0 Å². The van der Waals surface area contributed by atoms with Crippen LogP contribution in [0.1, 0.15) is 18.4 Å². The molecule has 4 heteroatoms. The van der Waals surface area contributed by atoms with E-state index in [9.17, 15) is 5.11 Å². The van der Waals surface area contributed by atoms with Crippen LogP contribution in [-0.4, -0.2) is 18.8 Å². The molecule has 2 rings (SSSR count). The maximum Gasteiger partial charge on any atom is 0.137 e. The van der Waals surface area contributed by atoms with Gasteiger partial charge in [0.05, 0.1) is 7.11 Å². The molecule has 1 fully saturated rings. The summed E-state index contributed by atoms with van der Waals surface area (Å²) in [6, 6.07) is 3.72. The normalized spacial score (nSPS) is 17.5. The number of methoxy groups -OCH3 is 1. The highest BCUT2D eigenvalue weighted by Crippen LogP contribution is 2.50. The fourth-order valence-electron chi connectivity index (χ4n) is 1.80. The van der Waals surface area contributed by atoms with Crippen molar-refractivity contribution in [3.63, 3.8) is 0 Å². The minimum Gasteiger partial charge on any atom is -0.507 e. The van der Waals surface area contributed by atoms with Crippen molar-refractivity contribution in [2.75, 3.05) is 13.7 Å². The second-order valence-electron chi connectivity index (χ2n) is 4.00. The zero-order chi connectivity index (χ0) is 11.1. The summed E-state index contributed by atoms with van der Waals surface area (Å²) in [7, 11) is 1.59. The van der Waals surface area contributed by atoms with Crippen molar-refractivity contribution in [3.05, 3.63) is 22.2 Å². The monoisotopic (exact) mass is 271 g/mol. The van der Waals surface area contributed by atoms with Crippen LogP contribution in [0.5, 0.6) is 11.5 Å². The first-order valence-corrected chi connectivity index (χ1v) is 5.69. The summed E-state index contributed by atoms with van der Waals surface area (Å²) in [6.07, 6.45) is 2.18. The third-order valence-corrected chi connectivity index (χ3v) is 3.89. The minimum absolute atomic E-state index is 0.0749. The molecular weight excluding hydrogens is 258 g/mol. The second kappa shape index (κ2) is 3.68. The Labute approximate surface area is 97.4 Å². The molecule has 0 atom stereocenters. The molecule has 82 valence electrons. The molecule has 3 nitrogen and oxygen atoms in total. The van der Waals surface area contributed by atoms with Crippen LogP contribution in [0.2, 0.25) is 0 Å². The fourth-order valence-corrected chi connectivity index (χ4v) is 2.19. The lowest BCUT2D eigenvalue weighted by Gasteiger charge is -2.15. The van der Waals surface area contributed by atoms with Crippen LogP contribution in [0.25, 0.3) is 0 Å². The highest BCUT2D eigenvalue weighted by molar-refractivity contribution is 9.10. The van der Waals surface area contributed by atoms with E-state index in [1.165, 1.54) is 0 Å². The number of hydrogen-bond acceptors (Lipinski definition) is 3. The Morgan fingerprint density at radius 1 is 1.53 bits per heavy atom. The number of benzene rings is 1. The number of aromatic hydroxyl groups is 1. The molecule has 1 aliphatic rings. The molecule has 1 aromatic rings. The highest BCUT2D eigenvalue weighted by atomic mass is 79.9. The quantitative estimate of drug-likeness (QED) is 0.886. The number of halogens is 1. The zero-order valence-electron chi connectivity index (χ0n) is 8.59. The Bertz CT molecular complexity index is 388. The standard InChI is InChI=1S/C11H14BrNO2/c1-15-9-5-7(4-8(14)10(9)12)11(6-13)2-3-11/h4-5,14H,2-3,6,13H2,1H3. The number of hydrogen-bond donors (Lipinski definition) is 2. The van der Waals surface area contributed by atoms with Gasteiger partial charge in [-0.3, -0.25) is 0 Å². The highest BCUT2D eigenvalue weighted by Gasteiger charge is 2.43. The van der Waals surface area contributed by atoms with E-state index in [2.05, 4.69) is 15.9 Å². The molecule has 0 bridgehead atoms. The van der Waals surface area contributed by atoms with Crippen LogP contribution in [0.3, 0.4) is 0 Å². The summed E-state index contributed by atoms with van der Waals surface area (Å²) < 4.78 is 5.78. The van der Waals surface area contributed by atoms with Gasteiger partial charge in [0.25, 0.3) is 0 Å². The molecule has 1 saturated carbocycles. The van der Waals surface area contributed by atoms with Gasteiger partial charge >= 0.3 is 0 Å². The predicted molar refractivity (Wildman–Crippen MR) is 62.3 cm³/mol. The average Bonchev–Trinajstić information content (AvgIpc) is 3.02. The SMILES string of the molecule is COc1cc(C2(CN)CC2)cc(O)c1Br. The van der Waals surface area contributed by atoms with Gasteiger partial charge in [-0.05, 0) is 46.5 Å². The van der Waals surface area contributed by atoms with E-state index in [1.54, 1.807) is 13.2 Å². The van der Waals surface area contributed by atoms with Crippen LogP contribution in [0.15, 0.2) is 16.6 Å². The summed E-state index contributed by atoms with van der Waals surface area (Å²) in [4.78, 5) is 0. The van der Waals surface area contributed by atoms with Crippen molar-refractivity contribution in [1.29, 1.82) is 0 Å². The van der Waals surface area contributed by atoms with Crippen molar-refractivity contribution in [1.82, 2.24) is 0 Å². The predicted octanol–water partition coefficient (Wildman–Crippen LogP) is 2.15. The number of phenolic OH excluding ortho intramolecular Hbond substituents is 1. The molecular formula is C11H14BrNO2. The molecule has 1 aromatic carbocycles. The molecule has 0 unspecified atom stereocenters. The lowest BCUT2D eigenvalue weighted by atomic mass is 9.96. The molecule has 0 heterocycles. The van der Waals surface area contributed by atoms with Crippen molar-refractivity contribution < 1.29 is 9.84 Å². The zero-order valence-corrected chi connectivity index (χ0v) is 10.2. The van der Waals surface area contributed by atoms with Crippen molar-refractivity contribution >= 4 is 15.9 Å². The van der Waals surface area contributed by atoms with Gasteiger partial charge in [-0.15, -0.1) is 0 Å². The minimum atomic E-state index is 0.0749. The molecule has 0 aromatic heterocycles. The van der Waals surface area contributed by atoms with Crippen LogP contribution < -0.4 is 10.5 Å². The van der Waals surface area contributed by atoms with E-state index in [1.807, 2.05) is 6.07 Å². The first-order valence-electron chi connectivity index (χ1n) is 4.90. The fraction of sp³-hybridized carbons (Fsp3) is 0.455. The maximum atomic E-state index is 9.73. The number of nitrogens with two attached hydrogens (primary N) is 1. The van der Waals surface area contributed by atoms with Crippen LogP contribution in [0, 0.1) is 0 Å². The van der Waals surface area contributed by atoms with Gasteiger partial charge in [0.15, 0.2) is 0 Å². The molecule has 0 saturated heterocycles. The molecule has 0 radical (unpaired) electrons. The molecule has 3 N–H and O–H groups in total. The van der Waals surface area contributed by atoms with Crippen molar-refractivity contribution in [2.45, 2.75) is 18.3 Å². The first kappa shape index (κ1) is 10.8. The van der Waals surface area contributed by atoms with E-state index in [0.717, 1.165) is 18.4 Å². The van der Waals surface area contributed by atoms with Gasteiger partial charge in [-0.25, -0.2) is 0 Å². The van der Waals surface area contributed by atoms with E-state index in [-0.39, 0.29) is 11.2 Å². The Hall–Kier alpha value is -0.740. The Kier molecular flexibility index (Phi) is 2.64. The van der Waals surface area contributed by atoms with Gasteiger partial charge in [-0.2, -0.15) is 0 Å². The van der Waals surface area contributed by atoms with Crippen molar-refractivity contribution in [3.8, 4) is 11.5 Å². The van der Waals surface area contributed by atoms with E-state index in [4.69, 9.17) is 10.5 Å². The third kappa shape index (κ3) is 1.72. The molecule has 0 spiro atoms. The molecule has 0 amide bonds. The second-order valence-corrected chi connectivity index (χ2v) is 4.79. The topological polar surface area (TPSA) is 55.5 Å². The van der Waals surface area contributed by atoms with Gasteiger partial charge in [0.1, 0.15) is 16.0 Å². The Morgan fingerprint density at radius 3 is 2.67 bits per heavy atom. The summed E-state index contributed by atoms with van der Waals surface area (Å²) in [6.45, 7) is 0.622. The summed E-state index contributed by atoms with van der Waals surface area (Å²) in [5, 5.41) is 9.73. The van der Waals surface area contributed by atoms with Crippen molar-refractivity contribution in [2.24, 2.45) is 5.73 Å². The summed E-state index contributed by atoms with van der Waals surface area (Å²) in [5.74, 6) is 0.869. The smallest absolute Gasteiger partial charge is 0.137 e.